The highest BCUT2D eigenvalue weighted by atomic mass is 19.1. The number of halogens is 2. The van der Waals surface area contributed by atoms with Gasteiger partial charge < -0.3 is 14.5 Å². The number of para-hydroxylation sites is 3. The lowest BCUT2D eigenvalue weighted by molar-refractivity contribution is -0.148. The molecular formula is C19H14F2N2O4. The van der Waals surface area contributed by atoms with Crippen LogP contribution in [0.1, 0.15) is 12.8 Å². The smallest absolute Gasteiger partial charge is 0.331 e. The molecule has 8 heteroatoms. The molecule has 2 aromatic carbocycles. The van der Waals surface area contributed by atoms with Crippen molar-refractivity contribution < 1.29 is 27.5 Å². The lowest BCUT2D eigenvalue weighted by Crippen LogP contribution is -2.30. The summed E-state index contributed by atoms with van der Waals surface area (Å²) in [4.78, 5) is 27.9. The van der Waals surface area contributed by atoms with Crippen molar-refractivity contribution in [3.05, 3.63) is 66.1 Å². The van der Waals surface area contributed by atoms with E-state index in [4.69, 9.17) is 9.15 Å². The Morgan fingerprint density at radius 3 is 2.56 bits per heavy atom. The van der Waals surface area contributed by atoms with Crippen molar-refractivity contribution in [2.45, 2.75) is 13.0 Å². The number of hydrogen-bond acceptors (Lipinski definition) is 5. The monoisotopic (exact) mass is 372 g/mol. The number of ether oxygens (including phenoxy) is 1. The maximum atomic E-state index is 13.5. The van der Waals surface area contributed by atoms with Gasteiger partial charge in [-0.15, -0.1) is 0 Å². The van der Waals surface area contributed by atoms with E-state index in [0.717, 1.165) is 18.2 Å². The van der Waals surface area contributed by atoms with E-state index in [2.05, 4.69) is 10.3 Å². The fourth-order valence-corrected chi connectivity index (χ4v) is 2.21. The molecule has 6 nitrogen and oxygen atoms in total. The fraction of sp³-hybridized carbons (Fsp3) is 0.105. The van der Waals surface area contributed by atoms with Gasteiger partial charge in [0, 0.05) is 12.2 Å². The summed E-state index contributed by atoms with van der Waals surface area (Å²) in [5, 5.41) is 2.05. The van der Waals surface area contributed by atoms with E-state index in [0.29, 0.717) is 11.1 Å². The highest BCUT2D eigenvalue weighted by Gasteiger charge is 2.20. The number of anilines is 1. The number of esters is 1. The van der Waals surface area contributed by atoms with Gasteiger partial charge >= 0.3 is 5.97 Å². The molecule has 0 unspecified atom stereocenters. The van der Waals surface area contributed by atoms with Crippen molar-refractivity contribution in [1.29, 1.82) is 0 Å². The van der Waals surface area contributed by atoms with E-state index in [1.54, 1.807) is 24.3 Å². The summed E-state index contributed by atoms with van der Waals surface area (Å²) >= 11 is 0. The topological polar surface area (TPSA) is 81.4 Å². The molecule has 0 bridgehead atoms. The largest absolute Gasteiger partial charge is 0.449 e. The zero-order chi connectivity index (χ0) is 19.4. The molecule has 1 heterocycles. The predicted molar refractivity (Wildman–Crippen MR) is 93.6 cm³/mol. The summed E-state index contributed by atoms with van der Waals surface area (Å²) < 4.78 is 37.4. The van der Waals surface area contributed by atoms with Crippen LogP contribution in [0.5, 0.6) is 0 Å². The molecule has 3 rings (SSSR count). The Kier molecular flexibility index (Phi) is 5.25. The minimum absolute atomic E-state index is 0.193. The Morgan fingerprint density at radius 2 is 1.85 bits per heavy atom. The molecule has 0 aliphatic carbocycles. The first-order valence-electron chi connectivity index (χ1n) is 7.93. The second-order valence-corrected chi connectivity index (χ2v) is 5.52. The number of carbonyl (C=O) groups excluding carboxylic acids is 2. The summed E-state index contributed by atoms with van der Waals surface area (Å²) in [5.41, 5.74) is 0.586. The predicted octanol–water partition coefficient (Wildman–Crippen LogP) is 3.69. The normalized spacial score (nSPS) is 12.3. The van der Waals surface area contributed by atoms with Crippen LogP contribution in [0.15, 0.2) is 53.0 Å². The molecule has 1 amide bonds. The van der Waals surface area contributed by atoms with Crippen molar-refractivity contribution in [3.8, 4) is 0 Å². The molecule has 0 saturated carbocycles. The van der Waals surface area contributed by atoms with E-state index < -0.39 is 35.3 Å². The van der Waals surface area contributed by atoms with Gasteiger partial charge in [0.15, 0.2) is 11.7 Å². The minimum Gasteiger partial charge on any atom is -0.449 e. The molecule has 0 saturated heterocycles. The number of oxazole rings is 1. The summed E-state index contributed by atoms with van der Waals surface area (Å²) in [6, 6.07) is 10.2. The Labute approximate surface area is 152 Å². The summed E-state index contributed by atoms with van der Waals surface area (Å²) in [7, 11) is 0. The quantitative estimate of drug-likeness (QED) is 0.546. The number of rotatable bonds is 5. The first-order valence-corrected chi connectivity index (χ1v) is 7.93. The number of nitrogens with zero attached hydrogens (tertiary/aromatic N) is 1. The zero-order valence-electron chi connectivity index (χ0n) is 14.1. The molecule has 27 heavy (non-hydrogen) atoms. The Bertz CT molecular complexity index is 976. The second kappa shape index (κ2) is 7.77. The number of benzene rings is 2. The van der Waals surface area contributed by atoms with Crippen molar-refractivity contribution in [3.63, 3.8) is 0 Å². The number of aromatic nitrogens is 1. The summed E-state index contributed by atoms with van der Waals surface area (Å²) in [6.45, 7) is 1.28. The Hall–Kier alpha value is -3.55. The van der Waals surface area contributed by atoms with Gasteiger partial charge in [-0.3, -0.25) is 4.79 Å². The third kappa shape index (κ3) is 4.35. The van der Waals surface area contributed by atoms with Gasteiger partial charge in [-0.1, -0.05) is 18.2 Å². The summed E-state index contributed by atoms with van der Waals surface area (Å²) in [5.74, 6) is -3.38. The highest BCUT2D eigenvalue weighted by Crippen LogP contribution is 2.18. The number of carbonyl (C=O) groups is 2. The maximum absolute atomic E-state index is 13.5. The molecule has 0 radical (unpaired) electrons. The number of hydrogen-bond donors (Lipinski definition) is 1. The third-order valence-corrected chi connectivity index (χ3v) is 3.55. The molecule has 0 aliphatic heterocycles. The van der Waals surface area contributed by atoms with Crippen molar-refractivity contribution in [1.82, 2.24) is 4.98 Å². The van der Waals surface area contributed by atoms with Crippen LogP contribution in [-0.4, -0.2) is 23.0 Å². The fourth-order valence-electron chi connectivity index (χ4n) is 2.21. The van der Waals surface area contributed by atoms with Gasteiger partial charge in [0.25, 0.3) is 5.91 Å². The molecule has 1 aromatic heterocycles. The van der Waals surface area contributed by atoms with Crippen LogP contribution in [0.3, 0.4) is 0 Å². The number of amides is 1. The maximum Gasteiger partial charge on any atom is 0.331 e. The molecule has 3 aromatic rings. The Morgan fingerprint density at radius 1 is 1.15 bits per heavy atom. The van der Waals surface area contributed by atoms with Crippen LogP contribution in [0, 0.1) is 11.6 Å². The van der Waals surface area contributed by atoms with Gasteiger partial charge in [-0.05, 0) is 31.2 Å². The average Bonchev–Trinajstić information content (AvgIpc) is 3.06. The van der Waals surface area contributed by atoms with Gasteiger partial charge in [-0.2, -0.15) is 0 Å². The molecule has 0 spiro atoms. The van der Waals surface area contributed by atoms with Crippen molar-refractivity contribution >= 4 is 34.7 Å². The van der Waals surface area contributed by atoms with E-state index in [1.165, 1.54) is 19.1 Å². The number of fused-ring (bicyclic) bond motifs is 1. The van der Waals surface area contributed by atoms with E-state index >= 15 is 0 Å². The van der Waals surface area contributed by atoms with Crippen LogP contribution in [-0.2, 0) is 14.3 Å². The standard InChI is InChI=1S/C19H14F2N2O4/c1-11(19(25)23-18-12(20)5-4-6-13(18)21)26-17(24)10-9-16-22-14-7-2-3-8-15(14)27-16/h2-11H,1H3,(H,23,25)/b10-9+/t11-/m0/s1. The second-order valence-electron chi connectivity index (χ2n) is 5.52. The first kappa shape index (κ1) is 18.2. The Balaban J connectivity index is 1.60. The van der Waals surface area contributed by atoms with Crippen molar-refractivity contribution in [2.24, 2.45) is 0 Å². The first-order chi connectivity index (χ1) is 12.9. The zero-order valence-corrected chi connectivity index (χ0v) is 14.1. The SMILES string of the molecule is C[C@H](OC(=O)/C=C/c1nc2ccccc2o1)C(=O)Nc1c(F)cccc1F. The van der Waals surface area contributed by atoms with E-state index in [1.807, 2.05) is 0 Å². The minimum atomic E-state index is -1.27. The van der Waals surface area contributed by atoms with E-state index in [9.17, 15) is 18.4 Å². The van der Waals surface area contributed by atoms with Crippen LogP contribution in [0.4, 0.5) is 14.5 Å². The lowest BCUT2D eigenvalue weighted by Gasteiger charge is -2.13. The average molecular weight is 372 g/mol. The molecule has 0 aliphatic rings. The van der Waals surface area contributed by atoms with Crippen LogP contribution >= 0.6 is 0 Å². The van der Waals surface area contributed by atoms with Crippen LogP contribution in [0.25, 0.3) is 17.2 Å². The molecule has 138 valence electrons. The van der Waals surface area contributed by atoms with Gasteiger partial charge in [0.1, 0.15) is 22.8 Å². The number of nitrogens with one attached hydrogen (secondary N) is 1. The summed E-state index contributed by atoms with van der Waals surface area (Å²) in [6.07, 6.45) is 1.06. The lowest BCUT2D eigenvalue weighted by atomic mass is 10.2. The van der Waals surface area contributed by atoms with Crippen LogP contribution in [0.2, 0.25) is 0 Å². The highest BCUT2D eigenvalue weighted by molar-refractivity contribution is 5.96. The van der Waals surface area contributed by atoms with Crippen molar-refractivity contribution in [2.75, 3.05) is 5.32 Å². The third-order valence-electron chi connectivity index (χ3n) is 3.55. The van der Waals surface area contributed by atoms with Gasteiger partial charge in [-0.25, -0.2) is 18.6 Å². The van der Waals surface area contributed by atoms with Gasteiger partial charge in [0.2, 0.25) is 5.89 Å². The molecule has 1 N–H and O–H groups in total. The molecule has 1 atom stereocenters. The van der Waals surface area contributed by atoms with Gasteiger partial charge in [0.05, 0.1) is 0 Å². The molecular weight excluding hydrogens is 358 g/mol. The van der Waals surface area contributed by atoms with Crippen LogP contribution < -0.4 is 5.32 Å². The molecule has 0 fully saturated rings. The van der Waals surface area contributed by atoms with E-state index in [-0.39, 0.29) is 5.89 Å².